The van der Waals surface area contributed by atoms with Gasteiger partial charge < -0.3 is 5.32 Å². The minimum Gasteiger partial charge on any atom is -0.309 e. The monoisotopic (exact) mass is 244 g/mol. The van der Waals surface area contributed by atoms with Crippen LogP contribution in [0, 0.1) is 12.8 Å². The van der Waals surface area contributed by atoms with E-state index in [1.165, 1.54) is 37.1 Å². The summed E-state index contributed by atoms with van der Waals surface area (Å²) >= 11 is 0. The van der Waals surface area contributed by atoms with Gasteiger partial charge in [0, 0.05) is 31.7 Å². The Hall–Kier alpha value is -0.860. The standard InChI is InChI=1S/C16H24N2/c1-13-3-5-14(6-4-13)11-18-10-9-17-16(2,12-18)15-7-8-15/h3-6,15,17H,7-12H2,1-2H3. The molecule has 18 heavy (non-hydrogen) atoms. The molecule has 1 unspecified atom stereocenters. The second kappa shape index (κ2) is 4.67. The second-order valence-electron chi connectivity index (χ2n) is 6.31. The Morgan fingerprint density at radius 1 is 1.28 bits per heavy atom. The van der Waals surface area contributed by atoms with Gasteiger partial charge in [0.25, 0.3) is 0 Å². The summed E-state index contributed by atoms with van der Waals surface area (Å²) in [4.78, 5) is 2.61. The van der Waals surface area contributed by atoms with Crippen molar-refractivity contribution in [1.82, 2.24) is 10.2 Å². The molecule has 1 aromatic carbocycles. The molecule has 1 saturated heterocycles. The Balaban J connectivity index is 1.64. The predicted molar refractivity (Wildman–Crippen MR) is 75.6 cm³/mol. The fourth-order valence-corrected chi connectivity index (χ4v) is 3.18. The molecule has 1 atom stereocenters. The molecule has 1 aromatic rings. The third kappa shape index (κ3) is 2.60. The maximum Gasteiger partial charge on any atom is 0.0309 e. The first-order valence-corrected chi connectivity index (χ1v) is 7.19. The summed E-state index contributed by atoms with van der Waals surface area (Å²) in [5.74, 6) is 0.915. The molecule has 0 aromatic heterocycles. The van der Waals surface area contributed by atoms with Crippen LogP contribution in [0.1, 0.15) is 30.9 Å². The van der Waals surface area contributed by atoms with Crippen LogP contribution in [-0.2, 0) is 6.54 Å². The largest absolute Gasteiger partial charge is 0.309 e. The molecule has 0 spiro atoms. The lowest BCUT2D eigenvalue weighted by molar-refractivity contribution is 0.121. The fraction of sp³-hybridized carbons (Fsp3) is 0.625. The summed E-state index contributed by atoms with van der Waals surface area (Å²) < 4.78 is 0. The Bertz CT molecular complexity index is 408. The first-order valence-electron chi connectivity index (χ1n) is 7.19. The quantitative estimate of drug-likeness (QED) is 0.879. The molecule has 3 rings (SSSR count). The van der Waals surface area contributed by atoms with Crippen molar-refractivity contribution >= 4 is 0 Å². The van der Waals surface area contributed by atoms with Gasteiger partial charge in [0.2, 0.25) is 0 Å². The van der Waals surface area contributed by atoms with Crippen molar-refractivity contribution < 1.29 is 0 Å². The molecule has 2 heteroatoms. The van der Waals surface area contributed by atoms with Crippen molar-refractivity contribution in [2.45, 2.75) is 38.8 Å². The van der Waals surface area contributed by atoms with Crippen LogP contribution in [0.25, 0.3) is 0 Å². The van der Waals surface area contributed by atoms with Crippen LogP contribution >= 0.6 is 0 Å². The number of rotatable bonds is 3. The Morgan fingerprint density at radius 3 is 2.67 bits per heavy atom. The maximum atomic E-state index is 3.74. The summed E-state index contributed by atoms with van der Waals surface area (Å²) in [6, 6.07) is 8.98. The van der Waals surface area contributed by atoms with Gasteiger partial charge in [0.1, 0.15) is 0 Å². The number of hydrogen-bond donors (Lipinski definition) is 1. The molecule has 1 saturated carbocycles. The minimum atomic E-state index is 0.364. The normalized spacial score (nSPS) is 29.4. The molecule has 2 aliphatic rings. The van der Waals surface area contributed by atoms with Crippen LogP contribution in [0.2, 0.25) is 0 Å². The summed E-state index contributed by atoms with van der Waals surface area (Å²) in [7, 11) is 0. The van der Waals surface area contributed by atoms with Crippen LogP contribution in [0.3, 0.4) is 0 Å². The molecular weight excluding hydrogens is 220 g/mol. The van der Waals surface area contributed by atoms with E-state index in [0.29, 0.717) is 5.54 Å². The molecule has 0 radical (unpaired) electrons. The molecule has 1 N–H and O–H groups in total. The molecule has 2 fully saturated rings. The van der Waals surface area contributed by atoms with Crippen LogP contribution in [-0.4, -0.2) is 30.1 Å². The van der Waals surface area contributed by atoms with Gasteiger partial charge in [0.05, 0.1) is 0 Å². The maximum absolute atomic E-state index is 3.74. The zero-order valence-corrected chi connectivity index (χ0v) is 11.6. The summed E-state index contributed by atoms with van der Waals surface area (Å²) in [6.45, 7) is 9.18. The first-order chi connectivity index (χ1) is 8.66. The highest BCUT2D eigenvalue weighted by Gasteiger charge is 2.43. The van der Waals surface area contributed by atoms with Gasteiger partial charge in [-0.2, -0.15) is 0 Å². The molecule has 98 valence electrons. The molecule has 1 aliphatic carbocycles. The lowest BCUT2D eigenvalue weighted by Gasteiger charge is -2.42. The molecule has 1 aliphatic heterocycles. The lowest BCUT2D eigenvalue weighted by Crippen LogP contribution is -2.59. The highest BCUT2D eigenvalue weighted by molar-refractivity contribution is 5.21. The molecule has 0 amide bonds. The van der Waals surface area contributed by atoms with Crippen molar-refractivity contribution in [3.63, 3.8) is 0 Å². The Labute approximate surface area is 110 Å². The van der Waals surface area contributed by atoms with Crippen molar-refractivity contribution in [1.29, 1.82) is 0 Å². The molecule has 1 heterocycles. The SMILES string of the molecule is Cc1ccc(CN2CCNC(C)(C3CC3)C2)cc1. The van der Waals surface area contributed by atoms with Gasteiger partial charge in [-0.05, 0) is 38.2 Å². The number of piperazine rings is 1. The number of hydrogen-bond acceptors (Lipinski definition) is 2. The van der Waals surface area contributed by atoms with Gasteiger partial charge in [-0.1, -0.05) is 29.8 Å². The van der Waals surface area contributed by atoms with E-state index in [4.69, 9.17) is 0 Å². The third-order valence-electron chi connectivity index (χ3n) is 4.51. The van der Waals surface area contributed by atoms with E-state index in [-0.39, 0.29) is 0 Å². The van der Waals surface area contributed by atoms with Crippen molar-refractivity contribution in [2.75, 3.05) is 19.6 Å². The Kier molecular flexibility index (Phi) is 3.16. The van der Waals surface area contributed by atoms with E-state index < -0.39 is 0 Å². The topological polar surface area (TPSA) is 15.3 Å². The van der Waals surface area contributed by atoms with E-state index in [1.807, 2.05) is 0 Å². The van der Waals surface area contributed by atoms with Gasteiger partial charge in [-0.3, -0.25) is 4.90 Å². The average molecular weight is 244 g/mol. The number of benzene rings is 1. The van der Waals surface area contributed by atoms with Gasteiger partial charge in [-0.25, -0.2) is 0 Å². The van der Waals surface area contributed by atoms with Gasteiger partial charge >= 0.3 is 0 Å². The summed E-state index contributed by atoms with van der Waals surface area (Å²) in [5.41, 5.74) is 3.16. The zero-order chi connectivity index (χ0) is 12.6. The number of nitrogens with zero attached hydrogens (tertiary/aromatic N) is 1. The summed E-state index contributed by atoms with van der Waals surface area (Å²) in [6.07, 6.45) is 2.84. The van der Waals surface area contributed by atoms with Gasteiger partial charge in [0.15, 0.2) is 0 Å². The second-order valence-corrected chi connectivity index (χ2v) is 6.31. The van der Waals surface area contributed by atoms with Crippen LogP contribution in [0.4, 0.5) is 0 Å². The summed E-state index contributed by atoms with van der Waals surface area (Å²) in [5, 5.41) is 3.74. The number of nitrogens with one attached hydrogen (secondary N) is 1. The molecule has 2 nitrogen and oxygen atoms in total. The third-order valence-corrected chi connectivity index (χ3v) is 4.51. The van der Waals surface area contributed by atoms with E-state index in [1.54, 1.807) is 0 Å². The van der Waals surface area contributed by atoms with Gasteiger partial charge in [-0.15, -0.1) is 0 Å². The van der Waals surface area contributed by atoms with E-state index in [2.05, 4.69) is 48.3 Å². The molecular formula is C16H24N2. The van der Waals surface area contributed by atoms with Crippen LogP contribution in [0.15, 0.2) is 24.3 Å². The van der Waals surface area contributed by atoms with Crippen molar-refractivity contribution in [3.05, 3.63) is 35.4 Å². The van der Waals surface area contributed by atoms with E-state index in [0.717, 1.165) is 19.0 Å². The average Bonchev–Trinajstić information content (AvgIpc) is 3.17. The fourth-order valence-electron chi connectivity index (χ4n) is 3.18. The smallest absolute Gasteiger partial charge is 0.0309 e. The zero-order valence-electron chi connectivity index (χ0n) is 11.6. The van der Waals surface area contributed by atoms with Crippen LogP contribution in [0.5, 0.6) is 0 Å². The number of aryl methyl sites for hydroxylation is 1. The first kappa shape index (κ1) is 12.2. The van der Waals surface area contributed by atoms with Crippen molar-refractivity contribution in [3.8, 4) is 0 Å². The van der Waals surface area contributed by atoms with E-state index in [9.17, 15) is 0 Å². The predicted octanol–water partition coefficient (Wildman–Crippen LogP) is 2.57. The van der Waals surface area contributed by atoms with E-state index >= 15 is 0 Å². The van der Waals surface area contributed by atoms with Crippen molar-refractivity contribution in [2.24, 2.45) is 5.92 Å². The minimum absolute atomic E-state index is 0.364. The molecule has 0 bridgehead atoms. The van der Waals surface area contributed by atoms with Crippen LogP contribution < -0.4 is 5.32 Å². The Morgan fingerprint density at radius 2 is 2.00 bits per heavy atom. The highest BCUT2D eigenvalue weighted by atomic mass is 15.2. The lowest BCUT2D eigenvalue weighted by atomic mass is 9.92. The highest BCUT2D eigenvalue weighted by Crippen LogP contribution is 2.40.